The van der Waals surface area contributed by atoms with Crippen LogP contribution in [0.3, 0.4) is 0 Å². The standard InChI is InChI=1S/C12H10O2/c1-8-3-2-4-9-5-6-11(14)10(7-13)12(8)9/h2-7,14H,1H3. The van der Waals surface area contributed by atoms with Gasteiger partial charge in [0.15, 0.2) is 6.29 Å². The van der Waals surface area contributed by atoms with Crippen molar-refractivity contribution in [2.75, 3.05) is 0 Å². The third kappa shape index (κ3) is 1.16. The third-order valence-electron chi connectivity index (χ3n) is 2.39. The number of aromatic hydroxyl groups is 1. The molecule has 2 rings (SSSR count). The van der Waals surface area contributed by atoms with Gasteiger partial charge in [-0.1, -0.05) is 24.3 Å². The summed E-state index contributed by atoms with van der Waals surface area (Å²) in [7, 11) is 0. The van der Waals surface area contributed by atoms with Crippen LogP contribution in [0.2, 0.25) is 0 Å². The number of hydrogen-bond donors (Lipinski definition) is 1. The van der Waals surface area contributed by atoms with Crippen molar-refractivity contribution in [2.24, 2.45) is 0 Å². The van der Waals surface area contributed by atoms with Crippen molar-refractivity contribution in [1.82, 2.24) is 0 Å². The van der Waals surface area contributed by atoms with E-state index in [1.165, 1.54) is 0 Å². The molecule has 0 aliphatic heterocycles. The Morgan fingerprint density at radius 3 is 2.71 bits per heavy atom. The minimum absolute atomic E-state index is 0.0433. The first-order valence-electron chi connectivity index (χ1n) is 4.40. The van der Waals surface area contributed by atoms with E-state index in [9.17, 15) is 9.90 Å². The summed E-state index contributed by atoms with van der Waals surface area (Å²) < 4.78 is 0. The predicted octanol–water partition coefficient (Wildman–Crippen LogP) is 2.67. The molecule has 0 radical (unpaired) electrons. The van der Waals surface area contributed by atoms with E-state index in [1.807, 2.05) is 31.2 Å². The number of aryl methyl sites for hydroxylation is 1. The molecule has 0 amide bonds. The van der Waals surface area contributed by atoms with Gasteiger partial charge in [-0.05, 0) is 29.3 Å². The van der Waals surface area contributed by atoms with Gasteiger partial charge in [0.25, 0.3) is 0 Å². The SMILES string of the molecule is Cc1cccc2ccc(O)c(C=O)c12. The fourth-order valence-electron chi connectivity index (χ4n) is 1.70. The van der Waals surface area contributed by atoms with Gasteiger partial charge in [-0.15, -0.1) is 0 Å². The Kier molecular flexibility index (Phi) is 1.97. The maximum absolute atomic E-state index is 10.8. The van der Waals surface area contributed by atoms with Crippen LogP contribution >= 0.6 is 0 Å². The van der Waals surface area contributed by atoms with E-state index in [2.05, 4.69) is 0 Å². The van der Waals surface area contributed by atoms with Crippen molar-refractivity contribution in [3.63, 3.8) is 0 Å². The first kappa shape index (κ1) is 8.75. The average Bonchev–Trinajstić information content (AvgIpc) is 2.19. The van der Waals surface area contributed by atoms with Gasteiger partial charge in [-0.25, -0.2) is 0 Å². The Morgan fingerprint density at radius 1 is 1.21 bits per heavy atom. The van der Waals surface area contributed by atoms with Crippen LogP contribution in [0.1, 0.15) is 15.9 Å². The van der Waals surface area contributed by atoms with E-state index < -0.39 is 0 Å². The molecule has 1 N–H and O–H groups in total. The lowest BCUT2D eigenvalue weighted by Gasteiger charge is -2.05. The molecule has 0 saturated carbocycles. The van der Waals surface area contributed by atoms with E-state index in [4.69, 9.17) is 0 Å². The summed E-state index contributed by atoms with van der Waals surface area (Å²) in [5.74, 6) is 0.0433. The Morgan fingerprint density at radius 2 is 2.00 bits per heavy atom. The molecule has 0 saturated heterocycles. The highest BCUT2D eigenvalue weighted by Gasteiger charge is 2.07. The summed E-state index contributed by atoms with van der Waals surface area (Å²) in [5, 5.41) is 11.3. The summed E-state index contributed by atoms with van der Waals surface area (Å²) in [6.45, 7) is 1.93. The molecular weight excluding hydrogens is 176 g/mol. The Bertz CT molecular complexity index is 501. The first-order chi connectivity index (χ1) is 6.74. The second kappa shape index (κ2) is 3.14. The summed E-state index contributed by atoms with van der Waals surface area (Å²) in [6.07, 6.45) is 0.699. The molecule has 0 fully saturated rings. The number of carbonyl (C=O) groups is 1. The highest BCUT2D eigenvalue weighted by molar-refractivity contribution is 6.02. The summed E-state index contributed by atoms with van der Waals surface area (Å²) >= 11 is 0. The van der Waals surface area contributed by atoms with Crippen molar-refractivity contribution >= 4 is 17.1 Å². The largest absolute Gasteiger partial charge is 0.507 e. The monoisotopic (exact) mass is 186 g/mol. The molecule has 0 bridgehead atoms. The van der Waals surface area contributed by atoms with Gasteiger partial charge < -0.3 is 5.11 Å². The number of benzene rings is 2. The molecule has 0 unspecified atom stereocenters. The van der Waals surface area contributed by atoms with E-state index in [-0.39, 0.29) is 5.75 Å². The quantitative estimate of drug-likeness (QED) is 0.695. The zero-order chi connectivity index (χ0) is 10.1. The fourth-order valence-corrected chi connectivity index (χ4v) is 1.70. The molecule has 0 aromatic heterocycles. The highest BCUT2D eigenvalue weighted by atomic mass is 16.3. The molecule has 0 spiro atoms. The molecular formula is C12H10O2. The maximum Gasteiger partial charge on any atom is 0.154 e. The number of fused-ring (bicyclic) bond motifs is 1. The van der Waals surface area contributed by atoms with E-state index in [0.717, 1.165) is 16.3 Å². The molecule has 14 heavy (non-hydrogen) atoms. The number of carbonyl (C=O) groups excluding carboxylic acids is 1. The van der Waals surface area contributed by atoms with Crippen LogP contribution in [-0.2, 0) is 0 Å². The maximum atomic E-state index is 10.8. The highest BCUT2D eigenvalue weighted by Crippen LogP contribution is 2.27. The van der Waals surface area contributed by atoms with Crippen molar-refractivity contribution in [1.29, 1.82) is 0 Å². The minimum atomic E-state index is 0.0433. The lowest BCUT2D eigenvalue weighted by atomic mass is 10.00. The average molecular weight is 186 g/mol. The number of phenols is 1. The van der Waals surface area contributed by atoms with Crippen LogP contribution in [0, 0.1) is 6.92 Å². The van der Waals surface area contributed by atoms with Crippen molar-refractivity contribution in [3.05, 3.63) is 41.5 Å². The summed E-state index contributed by atoms with van der Waals surface area (Å²) in [5.41, 5.74) is 1.38. The molecule has 2 heteroatoms. The number of aldehydes is 1. The van der Waals surface area contributed by atoms with Gasteiger partial charge in [0.1, 0.15) is 5.75 Å². The van der Waals surface area contributed by atoms with Gasteiger partial charge in [0.05, 0.1) is 5.56 Å². The summed E-state index contributed by atoms with van der Waals surface area (Å²) in [4.78, 5) is 10.8. The fraction of sp³-hybridized carbons (Fsp3) is 0.0833. The molecule has 0 aliphatic carbocycles. The van der Waals surface area contributed by atoms with Crippen molar-refractivity contribution in [2.45, 2.75) is 6.92 Å². The third-order valence-corrected chi connectivity index (χ3v) is 2.39. The Labute approximate surface area is 81.8 Å². The van der Waals surface area contributed by atoms with E-state index >= 15 is 0 Å². The second-order valence-corrected chi connectivity index (χ2v) is 3.29. The number of rotatable bonds is 1. The number of phenolic OH excluding ortho intramolecular Hbond substituents is 1. The van der Waals surface area contributed by atoms with Gasteiger partial charge in [-0.2, -0.15) is 0 Å². The minimum Gasteiger partial charge on any atom is -0.507 e. The second-order valence-electron chi connectivity index (χ2n) is 3.29. The first-order valence-corrected chi connectivity index (χ1v) is 4.40. The van der Waals surface area contributed by atoms with Crippen LogP contribution in [0.5, 0.6) is 5.75 Å². The van der Waals surface area contributed by atoms with Gasteiger partial charge in [-0.3, -0.25) is 4.79 Å². The topological polar surface area (TPSA) is 37.3 Å². The Balaban J connectivity index is 2.98. The van der Waals surface area contributed by atoms with Gasteiger partial charge in [0.2, 0.25) is 0 Å². The lowest BCUT2D eigenvalue weighted by Crippen LogP contribution is -1.87. The van der Waals surface area contributed by atoms with Gasteiger partial charge >= 0.3 is 0 Å². The van der Waals surface area contributed by atoms with Crippen LogP contribution in [0.25, 0.3) is 10.8 Å². The lowest BCUT2D eigenvalue weighted by molar-refractivity contribution is 0.112. The smallest absolute Gasteiger partial charge is 0.154 e. The molecule has 2 nitrogen and oxygen atoms in total. The van der Waals surface area contributed by atoms with E-state index in [0.29, 0.717) is 11.8 Å². The van der Waals surface area contributed by atoms with Crippen LogP contribution in [-0.4, -0.2) is 11.4 Å². The normalized spacial score (nSPS) is 10.4. The molecule has 2 aromatic rings. The zero-order valence-electron chi connectivity index (χ0n) is 7.82. The van der Waals surface area contributed by atoms with E-state index in [1.54, 1.807) is 6.07 Å². The van der Waals surface area contributed by atoms with Crippen LogP contribution in [0.15, 0.2) is 30.3 Å². The molecule has 70 valence electrons. The molecule has 0 heterocycles. The number of hydrogen-bond acceptors (Lipinski definition) is 2. The van der Waals surface area contributed by atoms with Crippen LogP contribution < -0.4 is 0 Å². The van der Waals surface area contributed by atoms with Gasteiger partial charge in [0, 0.05) is 0 Å². The van der Waals surface area contributed by atoms with Crippen molar-refractivity contribution in [3.8, 4) is 5.75 Å². The summed E-state index contributed by atoms with van der Waals surface area (Å²) in [6, 6.07) is 9.14. The van der Waals surface area contributed by atoms with Crippen LogP contribution in [0.4, 0.5) is 0 Å². The Hall–Kier alpha value is -1.83. The molecule has 2 aromatic carbocycles. The molecule has 0 atom stereocenters. The predicted molar refractivity (Wildman–Crippen MR) is 55.7 cm³/mol. The molecule has 0 aliphatic rings. The van der Waals surface area contributed by atoms with Crippen molar-refractivity contribution < 1.29 is 9.90 Å². The zero-order valence-corrected chi connectivity index (χ0v) is 7.82.